The van der Waals surface area contributed by atoms with Gasteiger partial charge in [0.05, 0.1) is 5.41 Å². The molecule has 0 bridgehead atoms. The Morgan fingerprint density at radius 2 is 1.68 bits per heavy atom. The minimum Gasteiger partial charge on any atom is -0.480 e. The normalized spacial score (nSPS) is 14.9. The van der Waals surface area contributed by atoms with E-state index in [0.717, 1.165) is 22.3 Å². The van der Waals surface area contributed by atoms with E-state index < -0.39 is 29.4 Å². The van der Waals surface area contributed by atoms with E-state index in [1.165, 1.54) is 11.8 Å². The van der Waals surface area contributed by atoms with E-state index in [1.807, 2.05) is 37.4 Å². The highest BCUT2D eigenvalue weighted by Gasteiger charge is 2.35. The predicted molar refractivity (Wildman–Crippen MR) is 134 cm³/mol. The zero-order chi connectivity index (χ0) is 24.7. The number of carbonyl (C=O) groups is 3. The number of aliphatic carboxylic acids is 1. The van der Waals surface area contributed by atoms with Gasteiger partial charge in [-0.25, -0.2) is 9.59 Å². The first-order chi connectivity index (χ1) is 16.3. The number of hydrogen-bond acceptors (Lipinski definition) is 5. The van der Waals surface area contributed by atoms with Crippen LogP contribution < -0.4 is 10.6 Å². The van der Waals surface area contributed by atoms with Gasteiger partial charge in [0.15, 0.2) is 0 Å². The third-order valence-corrected chi connectivity index (χ3v) is 7.15. The summed E-state index contributed by atoms with van der Waals surface area (Å²) in [5, 5.41) is 14.7. The Morgan fingerprint density at radius 1 is 1.09 bits per heavy atom. The zero-order valence-electron chi connectivity index (χ0n) is 19.8. The molecule has 0 aromatic heterocycles. The number of alkyl carbamates (subject to hydrolysis) is 1. The molecule has 1 aliphatic carbocycles. The third-order valence-electron chi connectivity index (χ3n) is 6.51. The first kappa shape index (κ1) is 25.6. The van der Waals surface area contributed by atoms with E-state index in [2.05, 4.69) is 34.9 Å². The van der Waals surface area contributed by atoms with Crippen molar-refractivity contribution in [2.45, 2.75) is 38.6 Å². The topological polar surface area (TPSA) is 105 Å². The molecule has 3 N–H and O–H groups in total. The Hall–Kier alpha value is -3.00. The second-order valence-corrected chi connectivity index (χ2v) is 9.72. The SMILES string of the molecule is CCC(C)(CNC(=O)OCC1c2ccccc2-c2ccccc21)C(=O)NC(CCSC)C(=O)O. The lowest BCUT2D eigenvalue weighted by Gasteiger charge is -2.29. The van der Waals surface area contributed by atoms with Gasteiger partial charge in [0.2, 0.25) is 5.91 Å². The number of hydrogen-bond donors (Lipinski definition) is 3. The predicted octanol–water partition coefficient (Wildman–Crippen LogP) is 4.26. The highest BCUT2D eigenvalue weighted by atomic mass is 32.2. The van der Waals surface area contributed by atoms with Crippen molar-refractivity contribution in [2.75, 3.05) is 25.2 Å². The number of thioether (sulfide) groups is 1. The minimum absolute atomic E-state index is 0.0425. The van der Waals surface area contributed by atoms with Crippen LogP contribution in [0.4, 0.5) is 4.79 Å². The summed E-state index contributed by atoms with van der Waals surface area (Å²) in [5.74, 6) is -0.891. The molecule has 2 aromatic rings. The second kappa shape index (κ2) is 11.4. The number of nitrogens with one attached hydrogen (secondary N) is 2. The molecule has 0 saturated heterocycles. The lowest BCUT2D eigenvalue weighted by Crippen LogP contribution is -2.51. The summed E-state index contributed by atoms with van der Waals surface area (Å²) in [6.07, 6.45) is 2.04. The molecule has 0 radical (unpaired) electrons. The molecule has 0 spiro atoms. The van der Waals surface area contributed by atoms with Crippen LogP contribution in [0.25, 0.3) is 11.1 Å². The largest absolute Gasteiger partial charge is 0.480 e. The van der Waals surface area contributed by atoms with E-state index in [4.69, 9.17) is 4.74 Å². The fourth-order valence-electron chi connectivity index (χ4n) is 4.11. The van der Waals surface area contributed by atoms with Gasteiger partial charge in [0.1, 0.15) is 12.6 Å². The maximum atomic E-state index is 12.9. The van der Waals surface area contributed by atoms with Crippen molar-refractivity contribution >= 4 is 29.7 Å². The number of carbonyl (C=O) groups excluding carboxylic acids is 2. The molecule has 8 heteroatoms. The number of carboxylic acids is 1. The van der Waals surface area contributed by atoms with E-state index in [0.29, 0.717) is 18.6 Å². The van der Waals surface area contributed by atoms with Crippen LogP contribution in [0, 0.1) is 5.41 Å². The molecule has 0 aliphatic heterocycles. The average molecular weight is 485 g/mol. The van der Waals surface area contributed by atoms with Crippen molar-refractivity contribution in [2.24, 2.45) is 5.41 Å². The summed E-state index contributed by atoms with van der Waals surface area (Å²) in [4.78, 5) is 36.9. The van der Waals surface area contributed by atoms with Crippen molar-refractivity contribution in [3.8, 4) is 11.1 Å². The Balaban J connectivity index is 1.58. The van der Waals surface area contributed by atoms with E-state index in [9.17, 15) is 19.5 Å². The van der Waals surface area contributed by atoms with Crippen molar-refractivity contribution < 1.29 is 24.2 Å². The standard InChI is InChI=1S/C26H32N2O5S/c1-4-26(2,24(31)28-22(23(29)30)13-14-34-3)16-27-25(32)33-15-21-19-11-7-5-9-17(19)18-10-6-8-12-20(18)21/h5-12,21-22H,4,13-16H2,1-3H3,(H,27,32)(H,28,31)(H,29,30). The number of amides is 2. The van der Waals surface area contributed by atoms with Crippen molar-refractivity contribution in [3.63, 3.8) is 0 Å². The zero-order valence-corrected chi connectivity index (χ0v) is 20.6. The van der Waals surface area contributed by atoms with Gasteiger partial charge in [-0.15, -0.1) is 0 Å². The van der Waals surface area contributed by atoms with Crippen molar-refractivity contribution in [1.29, 1.82) is 0 Å². The number of fused-ring (bicyclic) bond motifs is 3. The summed E-state index contributed by atoms with van der Waals surface area (Å²) in [6, 6.07) is 15.2. The fourth-order valence-corrected chi connectivity index (χ4v) is 4.58. The minimum atomic E-state index is -1.06. The summed E-state index contributed by atoms with van der Waals surface area (Å²) >= 11 is 1.52. The second-order valence-electron chi connectivity index (χ2n) is 8.74. The third kappa shape index (κ3) is 5.73. The van der Waals surface area contributed by atoms with Gasteiger partial charge in [-0.1, -0.05) is 55.5 Å². The van der Waals surface area contributed by atoms with Crippen LogP contribution in [0.15, 0.2) is 48.5 Å². The summed E-state index contributed by atoms with van der Waals surface area (Å²) in [7, 11) is 0. The molecule has 0 heterocycles. The van der Waals surface area contributed by atoms with Crippen LogP contribution in [0.1, 0.15) is 43.7 Å². The monoisotopic (exact) mass is 484 g/mol. The Kier molecular flexibility index (Phi) is 8.61. The van der Waals surface area contributed by atoms with Crippen molar-refractivity contribution in [3.05, 3.63) is 59.7 Å². The summed E-state index contributed by atoms with van der Waals surface area (Å²) in [6.45, 7) is 3.77. The average Bonchev–Trinajstić information content (AvgIpc) is 3.17. The van der Waals surface area contributed by atoms with E-state index in [1.54, 1.807) is 6.92 Å². The molecule has 2 amide bonds. The van der Waals surface area contributed by atoms with Gasteiger partial charge in [-0.3, -0.25) is 4.79 Å². The molecule has 2 unspecified atom stereocenters. The lowest BCUT2D eigenvalue weighted by molar-refractivity contribution is -0.143. The highest BCUT2D eigenvalue weighted by Crippen LogP contribution is 2.44. The molecule has 7 nitrogen and oxygen atoms in total. The van der Waals surface area contributed by atoms with Crippen LogP contribution in [0.3, 0.4) is 0 Å². The molecular weight excluding hydrogens is 452 g/mol. The molecule has 34 heavy (non-hydrogen) atoms. The van der Waals surface area contributed by atoms with Gasteiger partial charge >= 0.3 is 12.1 Å². The molecule has 2 aromatic carbocycles. The van der Waals surface area contributed by atoms with E-state index in [-0.39, 0.29) is 19.1 Å². The van der Waals surface area contributed by atoms with Gasteiger partial charge < -0.3 is 20.5 Å². The Morgan fingerprint density at radius 3 is 2.21 bits per heavy atom. The molecule has 1 aliphatic rings. The van der Waals surface area contributed by atoms with Crippen LogP contribution >= 0.6 is 11.8 Å². The highest BCUT2D eigenvalue weighted by molar-refractivity contribution is 7.98. The number of ether oxygens (including phenoxy) is 1. The molecule has 182 valence electrons. The molecule has 2 atom stereocenters. The lowest BCUT2D eigenvalue weighted by atomic mass is 9.86. The smallest absolute Gasteiger partial charge is 0.407 e. The summed E-state index contributed by atoms with van der Waals surface area (Å²) in [5.41, 5.74) is 3.59. The first-order valence-corrected chi connectivity index (χ1v) is 12.8. The number of carboxylic acid groups (broad SMARTS) is 1. The van der Waals surface area contributed by atoms with Gasteiger partial charge in [-0.05, 0) is 54.0 Å². The number of benzene rings is 2. The first-order valence-electron chi connectivity index (χ1n) is 11.4. The van der Waals surface area contributed by atoms with Gasteiger partial charge in [0.25, 0.3) is 0 Å². The van der Waals surface area contributed by atoms with Crippen LogP contribution in [0.2, 0.25) is 0 Å². The van der Waals surface area contributed by atoms with Crippen LogP contribution in [0.5, 0.6) is 0 Å². The van der Waals surface area contributed by atoms with Crippen LogP contribution in [-0.4, -0.2) is 54.3 Å². The van der Waals surface area contributed by atoms with Gasteiger partial charge in [0, 0.05) is 12.5 Å². The molecule has 0 saturated carbocycles. The quantitative estimate of drug-likeness (QED) is 0.440. The Labute approximate surface area is 204 Å². The maximum absolute atomic E-state index is 12.9. The maximum Gasteiger partial charge on any atom is 0.407 e. The molecule has 0 fully saturated rings. The van der Waals surface area contributed by atoms with Gasteiger partial charge in [-0.2, -0.15) is 11.8 Å². The molecular formula is C26H32N2O5S. The van der Waals surface area contributed by atoms with E-state index >= 15 is 0 Å². The van der Waals surface area contributed by atoms with Crippen LogP contribution in [-0.2, 0) is 14.3 Å². The molecule has 3 rings (SSSR count). The fraction of sp³-hybridized carbons (Fsp3) is 0.423. The Bertz CT molecular complexity index is 998. The number of rotatable bonds is 11. The van der Waals surface area contributed by atoms with Crippen molar-refractivity contribution in [1.82, 2.24) is 10.6 Å². The summed E-state index contributed by atoms with van der Waals surface area (Å²) < 4.78 is 5.55.